The van der Waals surface area contributed by atoms with Crippen molar-refractivity contribution in [3.63, 3.8) is 0 Å². The molecule has 6 heteroatoms. The summed E-state index contributed by atoms with van der Waals surface area (Å²) in [5, 5.41) is 0. The van der Waals surface area contributed by atoms with Gasteiger partial charge in [-0.2, -0.15) is 0 Å². The molecule has 0 atom stereocenters. The van der Waals surface area contributed by atoms with Crippen LogP contribution in [0.25, 0.3) is 0 Å². The Morgan fingerprint density at radius 1 is 1.00 bits per heavy atom. The van der Waals surface area contributed by atoms with Crippen LogP contribution < -0.4 is 5.73 Å². The molecule has 0 spiro atoms. The molecular weight excluding hydrogens is 278 g/mol. The van der Waals surface area contributed by atoms with Gasteiger partial charge in [-0.1, -0.05) is 11.8 Å². The number of rotatable bonds is 4. The van der Waals surface area contributed by atoms with Crippen molar-refractivity contribution in [2.24, 2.45) is 0 Å². The lowest BCUT2D eigenvalue weighted by Crippen LogP contribution is -2.20. The number of nitrogens with two attached hydrogens (primary N) is 1. The maximum Gasteiger partial charge on any atom is 0.238 e. The number of hydrogen-bond acceptors (Lipinski definition) is 6. The van der Waals surface area contributed by atoms with Gasteiger partial charge in [0, 0.05) is 16.7 Å². The average Bonchev–Trinajstić information content (AvgIpc) is 2.44. The smallest absolute Gasteiger partial charge is 0.238 e. The molecule has 1 aromatic rings. The average molecular weight is 291 g/mol. The van der Waals surface area contributed by atoms with E-state index in [9.17, 15) is 9.59 Å². The first-order chi connectivity index (χ1) is 9.56. The van der Waals surface area contributed by atoms with Gasteiger partial charge in [0.1, 0.15) is 0 Å². The Morgan fingerprint density at radius 3 is 2.15 bits per heavy atom. The van der Waals surface area contributed by atoms with Crippen LogP contribution in [-0.4, -0.2) is 25.8 Å². The molecule has 1 aromatic carbocycles. The zero-order chi connectivity index (χ0) is 14.7. The first-order valence-corrected chi connectivity index (χ1v) is 6.55. The standard InChI is InChI=1S/C14H13NO4S/c1-18-13-10(16)7-11(12(17)14(13)19-2)20-9-5-3-8(15)4-6-9/h3-7H,15H2,1-2H3. The van der Waals surface area contributed by atoms with Crippen molar-refractivity contribution in [1.29, 1.82) is 0 Å². The summed E-state index contributed by atoms with van der Waals surface area (Å²) >= 11 is 1.18. The van der Waals surface area contributed by atoms with Crippen LogP contribution in [0.4, 0.5) is 5.69 Å². The maximum atomic E-state index is 12.2. The molecule has 0 saturated heterocycles. The van der Waals surface area contributed by atoms with Gasteiger partial charge in [0.15, 0.2) is 0 Å². The summed E-state index contributed by atoms with van der Waals surface area (Å²) in [5.74, 6) is -0.898. The Hall–Kier alpha value is -2.21. The lowest BCUT2D eigenvalue weighted by atomic mass is 10.1. The zero-order valence-corrected chi connectivity index (χ0v) is 11.8. The zero-order valence-electron chi connectivity index (χ0n) is 11.0. The van der Waals surface area contributed by atoms with Crippen LogP contribution in [0, 0.1) is 0 Å². The predicted octanol–water partition coefficient (Wildman–Crippen LogP) is 1.90. The number of ether oxygens (including phenoxy) is 2. The topological polar surface area (TPSA) is 78.6 Å². The van der Waals surface area contributed by atoms with Gasteiger partial charge in [-0.15, -0.1) is 0 Å². The van der Waals surface area contributed by atoms with Gasteiger partial charge in [0.05, 0.1) is 19.1 Å². The molecule has 104 valence electrons. The molecule has 1 aliphatic carbocycles. The number of methoxy groups -OCH3 is 2. The Morgan fingerprint density at radius 2 is 1.60 bits per heavy atom. The third-order valence-corrected chi connectivity index (χ3v) is 3.67. The fraction of sp³-hybridized carbons (Fsp3) is 0.143. The monoisotopic (exact) mass is 291 g/mol. The van der Waals surface area contributed by atoms with Crippen molar-refractivity contribution < 1.29 is 19.1 Å². The quantitative estimate of drug-likeness (QED) is 0.674. The third-order valence-electron chi connectivity index (χ3n) is 2.64. The van der Waals surface area contributed by atoms with E-state index in [1.54, 1.807) is 24.3 Å². The van der Waals surface area contributed by atoms with Gasteiger partial charge in [0.2, 0.25) is 23.1 Å². The molecule has 0 fully saturated rings. The minimum atomic E-state index is -0.387. The number of carbonyl (C=O) groups is 2. The molecule has 1 aliphatic rings. The number of hydrogen-bond donors (Lipinski definition) is 1. The molecule has 0 bridgehead atoms. The van der Waals surface area contributed by atoms with E-state index in [2.05, 4.69) is 0 Å². The molecule has 2 rings (SSSR count). The number of benzene rings is 1. The van der Waals surface area contributed by atoms with E-state index in [1.807, 2.05) is 0 Å². The highest BCUT2D eigenvalue weighted by Crippen LogP contribution is 2.33. The van der Waals surface area contributed by atoms with Crippen LogP contribution in [0.3, 0.4) is 0 Å². The summed E-state index contributed by atoms with van der Waals surface area (Å²) in [5.41, 5.74) is 6.23. The summed E-state index contributed by atoms with van der Waals surface area (Å²) < 4.78 is 9.88. The highest BCUT2D eigenvalue weighted by molar-refractivity contribution is 8.04. The van der Waals surface area contributed by atoms with Crippen molar-refractivity contribution >= 4 is 29.0 Å². The molecule has 2 N–H and O–H groups in total. The Kier molecular flexibility index (Phi) is 4.14. The fourth-order valence-corrected chi connectivity index (χ4v) is 2.57. The van der Waals surface area contributed by atoms with Gasteiger partial charge in [-0.3, -0.25) is 9.59 Å². The molecule has 0 amide bonds. The van der Waals surface area contributed by atoms with Gasteiger partial charge in [-0.25, -0.2) is 0 Å². The number of ketones is 2. The van der Waals surface area contributed by atoms with Crippen LogP contribution >= 0.6 is 11.8 Å². The van der Waals surface area contributed by atoms with E-state index >= 15 is 0 Å². The summed E-state index contributed by atoms with van der Waals surface area (Å²) in [6, 6.07) is 7.01. The summed E-state index contributed by atoms with van der Waals surface area (Å²) in [7, 11) is 2.65. The SMILES string of the molecule is COC1=C(OC)C(=O)C(Sc2ccc(N)cc2)=CC1=O. The van der Waals surface area contributed by atoms with Crippen LogP contribution in [-0.2, 0) is 19.1 Å². The number of thioether (sulfide) groups is 1. The predicted molar refractivity (Wildman–Crippen MR) is 75.9 cm³/mol. The van der Waals surface area contributed by atoms with E-state index in [0.717, 1.165) is 4.90 Å². The fourth-order valence-electron chi connectivity index (χ4n) is 1.69. The van der Waals surface area contributed by atoms with Gasteiger partial charge in [0.25, 0.3) is 0 Å². The summed E-state index contributed by atoms with van der Waals surface area (Å²) in [6.07, 6.45) is 1.25. The van der Waals surface area contributed by atoms with E-state index in [-0.39, 0.29) is 28.0 Å². The highest BCUT2D eigenvalue weighted by atomic mass is 32.2. The molecule has 0 aromatic heterocycles. The van der Waals surface area contributed by atoms with Crippen LogP contribution in [0.5, 0.6) is 0 Å². The van der Waals surface area contributed by atoms with Crippen molar-refractivity contribution in [3.05, 3.63) is 46.8 Å². The molecule has 0 unspecified atom stereocenters. The molecule has 0 saturated carbocycles. The summed E-state index contributed by atoms with van der Waals surface area (Å²) in [4.78, 5) is 25.2. The Balaban J connectivity index is 2.28. The van der Waals surface area contributed by atoms with E-state index in [1.165, 1.54) is 32.1 Å². The van der Waals surface area contributed by atoms with Gasteiger partial charge < -0.3 is 15.2 Å². The Bertz CT molecular complexity index is 617. The summed E-state index contributed by atoms with van der Waals surface area (Å²) in [6.45, 7) is 0. The second kappa shape index (κ2) is 5.83. The largest absolute Gasteiger partial charge is 0.490 e. The minimum absolute atomic E-state index is 0.0702. The van der Waals surface area contributed by atoms with Crippen LogP contribution in [0.1, 0.15) is 0 Å². The number of anilines is 1. The molecule has 0 aliphatic heterocycles. The van der Waals surface area contributed by atoms with E-state index in [0.29, 0.717) is 5.69 Å². The number of allylic oxidation sites excluding steroid dienone is 2. The maximum absolute atomic E-state index is 12.2. The van der Waals surface area contributed by atoms with E-state index in [4.69, 9.17) is 15.2 Å². The highest BCUT2D eigenvalue weighted by Gasteiger charge is 2.31. The molecule has 0 radical (unpaired) electrons. The number of Topliss-reactive ketones (excluding diaryl/α,β-unsaturated/α-hetero) is 1. The lowest BCUT2D eigenvalue weighted by molar-refractivity contribution is -0.119. The number of nitrogen functional groups attached to an aromatic ring is 1. The molecular formula is C14H13NO4S. The molecule has 0 heterocycles. The molecule has 5 nitrogen and oxygen atoms in total. The van der Waals surface area contributed by atoms with Crippen molar-refractivity contribution in [3.8, 4) is 0 Å². The third kappa shape index (κ3) is 2.70. The number of carbonyl (C=O) groups excluding carboxylic acids is 2. The van der Waals surface area contributed by atoms with Crippen molar-refractivity contribution in [2.75, 3.05) is 20.0 Å². The van der Waals surface area contributed by atoms with Crippen LogP contribution in [0.2, 0.25) is 0 Å². The van der Waals surface area contributed by atoms with Crippen molar-refractivity contribution in [1.82, 2.24) is 0 Å². The lowest BCUT2D eigenvalue weighted by Gasteiger charge is -2.16. The molecule has 20 heavy (non-hydrogen) atoms. The Labute approximate surface area is 120 Å². The van der Waals surface area contributed by atoms with Crippen molar-refractivity contribution in [2.45, 2.75) is 4.90 Å². The normalized spacial score (nSPS) is 15.2. The first-order valence-electron chi connectivity index (χ1n) is 5.73. The van der Waals surface area contributed by atoms with Crippen LogP contribution in [0.15, 0.2) is 51.7 Å². The van der Waals surface area contributed by atoms with E-state index < -0.39 is 0 Å². The first kappa shape index (κ1) is 14.2. The van der Waals surface area contributed by atoms with Gasteiger partial charge in [-0.05, 0) is 24.3 Å². The second-order valence-corrected chi connectivity index (χ2v) is 5.05. The second-order valence-electron chi connectivity index (χ2n) is 3.94. The minimum Gasteiger partial charge on any atom is -0.490 e. The van der Waals surface area contributed by atoms with Gasteiger partial charge >= 0.3 is 0 Å².